The largest absolute Gasteiger partial charge is 0.345 e. The van der Waals surface area contributed by atoms with Crippen LogP contribution in [0.3, 0.4) is 0 Å². The topological polar surface area (TPSA) is 33.2 Å². The van der Waals surface area contributed by atoms with E-state index in [2.05, 4.69) is 50.0 Å². The Morgan fingerprint density at radius 2 is 1.71 bits per heavy atom. The minimum atomic E-state index is 0.00923. The van der Waals surface area contributed by atoms with E-state index in [9.17, 15) is 4.79 Å². The Hall–Kier alpha value is -2.16. The maximum Gasteiger partial charge on any atom is 0.222 e. The zero-order valence-electron chi connectivity index (χ0n) is 15.2. The van der Waals surface area contributed by atoms with Gasteiger partial charge in [0.25, 0.3) is 0 Å². The highest BCUT2D eigenvalue weighted by Gasteiger charge is 2.22. The van der Waals surface area contributed by atoms with Crippen LogP contribution in [0, 0.1) is 6.92 Å². The minimum Gasteiger partial charge on any atom is -0.345 e. The number of rotatable bonds is 7. The summed E-state index contributed by atoms with van der Waals surface area (Å²) in [7, 11) is 1.89. The average molecular weight is 324 g/mol. The molecule has 24 heavy (non-hydrogen) atoms. The Balaban J connectivity index is 1.83. The molecule has 0 aliphatic carbocycles. The molecule has 0 aliphatic rings. The van der Waals surface area contributed by atoms with Gasteiger partial charge >= 0.3 is 0 Å². The van der Waals surface area contributed by atoms with Gasteiger partial charge in [-0.15, -0.1) is 0 Å². The van der Waals surface area contributed by atoms with Gasteiger partial charge in [0.1, 0.15) is 0 Å². The van der Waals surface area contributed by atoms with Crippen molar-refractivity contribution in [3.8, 4) is 0 Å². The van der Waals surface area contributed by atoms with E-state index >= 15 is 0 Å². The molecule has 0 unspecified atom stereocenters. The molecule has 0 N–H and O–H groups in total. The Morgan fingerprint density at radius 1 is 1.08 bits per heavy atom. The lowest BCUT2D eigenvalue weighted by atomic mass is 9.80. The van der Waals surface area contributed by atoms with E-state index in [1.807, 2.05) is 24.1 Å². The molecule has 0 radical (unpaired) electrons. The normalized spacial score (nSPS) is 11.3. The summed E-state index contributed by atoms with van der Waals surface area (Å²) in [5.74, 6) is 0.212. The molecule has 0 atom stereocenters. The van der Waals surface area contributed by atoms with Gasteiger partial charge in [0.15, 0.2) is 0 Å². The Kier molecular flexibility index (Phi) is 6.13. The second-order valence-corrected chi connectivity index (χ2v) is 7.17. The molecule has 1 amide bonds. The van der Waals surface area contributed by atoms with Crippen LogP contribution >= 0.6 is 0 Å². The van der Waals surface area contributed by atoms with Gasteiger partial charge in [-0.1, -0.05) is 43.7 Å². The number of likely N-dealkylation sites (N-methyl/N-ethyl adjacent to an activating group) is 1. The number of benzene rings is 1. The van der Waals surface area contributed by atoms with Crippen LogP contribution in [0.4, 0.5) is 0 Å². The number of carbonyl (C=O) groups excluding carboxylic acids is 1. The average Bonchev–Trinajstić information content (AvgIpc) is 2.59. The summed E-state index contributed by atoms with van der Waals surface area (Å²) in [6.07, 6.45) is 5.89. The fourth-order valence-corrected chi connectivity index (χ4v) is 2.73. The number of nitrogens with zero attached hydrogens (tertiary/aromatic N) is 2. The van der Waals surface area contributed by atoms with Crippen molar-refractivity contribution < 1.29 is 4.79 Å². The fraction of sp³-hybridized carbons (Fsp3) is 0.429. The number of aromatic nitrogens is 1. The van der Waals surface area contributed by atoms with E-state index in [4.69, 9.17) is 0 Å². The molecular weight excluding hydrogens is 296 g/mol. The lowest BCUT2D eigenvalue weighted by Gasteiger charge is -2.26. The van der Waals surface area contributed by atoms with Crippen molar-refractivity contribution in [1.82, 2.24) is 9.88 Å². The summed E-state index contributed by atoms with van der Waals surface area (Å²) in [4.78, 5) is 18.3. The zero-order valence-corrected chi connectivity index (χ0v) is 15.2. The van der Waals surface area contributed by atoms with Crippen molar-refractivity contribution in [2.45, 2.75) is 45.4 Å². The van der Waals surface area contributed by atoms with Crippen LogP contribution < -0.4 is 0 Å². The van der Waals surface area contributed by atoms with Crippen LogP contribution in [0.1, 0.15) is 43.4 Å². The van der Waals surface area contributed by atoms with Gasteiger partial charge in [-0.2, -0.15) is 0 Å². The van der Waals surface area contributed by atoms with Crippen molar-refractivity contribution in [3.63, 3.8) is 0 Å². The van der Waals surface area contributed by atoms with Gasteiger partial charge in [-0.25, -0.2) is 0 Å². The highest BCUT2D eigenvalue weighted by Crippen LogP contribution is 2.28. The lowest BCUT2D eigenvalue weighted by molar-refractivity contribution is -0.130. The monoisotopic (exact) mass is 324 g/mol. The molecule has 128 valence electrons. The first-order chi connectivity index (χ1) is 11.4. The maximum atomic E-state index is 12.4. The van der Waals surface area contributed by atoms with Gasteiger partial charge < -0.3 is 4.90 Å². The molecule has 0 fully saturated rings. The second-order valence-electron chi connectivity index (χ2n) is 7.17. The van der Waals surface area contributed by atoms with Crippen LogP contribution in [0.25, 0.3) is 0 Å². The predicted molar refractivity (Wildman–Crippen MR) is 99.0 cm³/mol. The van der Waals surface area contributed by atoms with Crippen LogP contribution in [-0.2, 0) is 16.6 Å². The summed E-state index contributed by atoms with van der Waals surface area (Å²) in [5.41, 5.74) is 3.78. The molecule has 2 aromatic rings. The van der Waals surface area contributed by atoms with Gasteiger partial charge in [0, 0.05) is 32.4 Å². The number of carbonyl (C=O) groups is 1. The molecule has 1 heterocycles. The van der Waals surface area contributed by atoms with Crippen LogP contribution in [0.15, 0.2) is 48.8 Å². The number of hydrogen-bond donors (Lipinski definition) is 0. The Labute approximate surface area is 145 Å². The third-order valence-corrected chi connectivity index (χ3v) is 4.71. The Bertz CT molecular complexity index is 647. The molecule has 0 saturated heterocycles. The molecule has 0 saturated carbocycles. The van der Waals surface area contributed by atoms with E-state index in [1.54, 1.807) is 12.4 Å². The first-order valence-corrected chi connectivity index (χ1v) is 8.58. The van der Waals surface area contributed by atoms with Crippen molar-refractivity contribution in [2.75, 3.05) is 13.6 Å². The summed E-state index contributed by atoms with van der Waals surface area (Å²) in [6.45, 7) is 7.26. The fourth-order valence-electron chi connectivity index (χ4n) is 2.73. The van der Waals surface area contributed by atoms with E-state index < -0.39 is 0 Å². The highest BCUT2D eigenvalue weighted by molar-refractivity contribution is 5.76. The van der Waals surface area contributed by atoms with Gasteiger partial charge in [-0.05, 0) is 48.4 Å². The molecule has 3 nitrogen and oxygen atoms in total. The highest BCUT2D eigenvalue weighted by atomic mass is 16.2. The number of hydrogen-bond acceptors (Lipinski definition) is 2. The third kappa shape index (κ3) is 5.19. The summed E-state index contributed by atoms with van der Waals surface area (Å²) in [5, 5.41) is 0. The second kappa shape index (κ2) is 8.09. The van der Waals surface area contributed by atoms with Crippen LogP contribution in [0.5, 0.6) is 0 Å². The number of amides is 1. The zero-order chi connectivity index (χ0) is 17.6. The molecule has 0 aliphatic heterocycles. The molecule has 3 heteroatoms. The van der Waals surface area contributed by atoms with Gasteiger partial charge in [0.2, 0.25) is 5.91 Å². The number of pyridine rings is 1. The molecule has 1 aromatic heterocycles. The standard InChI is InChI=1S/C21H28N2O/c1-17-5-7-19(8-6-17)21(2,3)13-9-20(24)23(4)16-12-18-10-14-22-15-11-18/h5-8,10-11,14-15H,9,12-13,16H2,1-4H3. The van der Waals surface area contributed by atoms with Crippen LogP contribution in [-0.4, -0.2) is 29.4 Å². The maximum absolute atomic E-state index is 12.4. The summed E-state index contributed by atoms with van der Waals surface area (Å²) < 4.78 is 0. The first-order valence-electron chi connectivity index (χ1n) is 8.58. The van der Waals surface area contributed by atoms with E-state index in [-0.39, 0.29) is 11.3 Å². The quantitative estimate of drug-likeness (QED) is 0.766. The molecular formula is C21H28N2O. The smallest absolute Gasteiger partial charge is 0.222 e. The number of aryl methyl sites for hydroxylation is 1. The third-order valence-electron chi connectivity index (χ3n) is 4.71. The van der Waals surface area contributed by atoms with E-state index in [0.717, 1.165) is 19.4 Å². The van der Waals surface area contributed by atoms with Crippen molar-refractivity contribution in [2.24, 2.45) is 0 Å². The van der Waals surface area contributed by atoms with E-state index in [0.29, 0.717) is 6.42 Å². The van der Waals surface area contributed by atoms with Crippen molar-refractivity contribution in [3.05, 3.63) is 65.5 Å². The predicted octanol–water partition coefficient (Wildman–Crippen LogP) is 4.15. The molecule has 0 bridgehead atoms. The molecule has 0 spiro atoms. The molecule has 2 rings (SSSR count). The SMILES string of the molecule is Cc1ccc(C(C)(C)CCC(=O)N(C)CCc2ccncc2)cc1. The summed E-state index contributed by atoms with van der Waals surface area (Å²) >= 11 is 0. The Morgan fingerprint density at radius 3 is 2.33 bits per heavy atom. The van der Waals surface area contributed by atoms with Crippen molar-refractivity contribution in [1.29, 1.82) is 0 Å². The lowest BCUT2D eigenvalue weighted by Crippen LogP contribution is -2.30. The van der Waals surface area contributed by atoms with E-state index in [1.165, 1.54) is 16.7 Å². The molecule has 1 aromatic carbocycles. The van der Waals surface area contributed by atoms with Gasteiger partial charge in [-0.3, -0.25) is 9.78 Å². The first kappa shape index (κ1) is 18.2. The summed E-state index contributed by atoms with van der Waals surface area (Å²) in [6, 6.07) is 12.6. The van der Waals surface area contributed by atoms with Gasteiger partial charge in [0.05, 0.1) is 0 Å². The van der Waals surface area contributed by atoms with Crippen molar-refractivity contribution >= 4 is 5.91 Å². The van der Waals surface area contributed by atoms with Crippen LogP contribution in [0.2, 0.25) is 0 Å². The minimum absolute atomic E-state index is 0.00923.